The molecule has 0 bridgehead atoms. The van der Waals surface area contributed by atoms with E-state index in [4.69, 9.17) is 5.73 Å². The van der Waals surface area contributed by atoms with Crippen molar-refractivity contribution in [1.82, 2.24) is 4.57 Å². The average molecular weight is 285 g/mol. The molecule has 0 spiro atoms. The molecule has 1 aromatic heterocycles. The Morgan fingerprint density at radius 1 is 1.24 bits per heavy atom. The van der Waals surface area contributed by atoms with Crippen LogP contribution in [0.5, 0.6) is 0 Å². The first kappa shape index (κ1) is 15.2. The van der Waals surface area contributed by atoms with Crippen molar-refractivity contribution >= 4 is 11.6 Å². The number of hydrogen-bond donors (Lipinski definition) is 2. The molecule has 2 aromatic rings. The summed E-state index contributed by atoms with van der Waals surface area (Å²) in [6.45, 7) is 10.2. The van der Waals surface area contributed by atoms with Gasteiger partial charge in [0, 0.05) is 35.7 Å². The molecule has 0 fully saturated rings. The van der Waals surface area contributed by atoms with E-state index in [-0.39, 0.29) is 0 Å². The second kappa shape index (κ2) is 6.04. The third-order valence-electron chi connectivity index (χ3n) is 3.97. The number of carbonyl (C=O) groups is 1. The lowest BCUT2D eigenvalue weighted by Crippen LogP contribution is -2.11. The molecular weight excluding hydrogens is 262 g/mol. The van der Waals surface area contributed by atoms with Gasteiger partial charge in [-0.3, -0.25) is 4.79 Å². The Kier molecular flexibility index (Phi) is 4.36. The molecule has 0 radical (unpaired) electrons. The first-order valence-corrected chi connectivity index (χ1v) is 7.24. The highest BCUT2D eigenvalue weighted by molar-refractivity contribution is 5.93. The zero-order valence-electron chi connectivity index (χ0n) is 13.2. The van der Waals surface area contributed by atoms with E-state index in [9.17, 15) is 4.79 Å². The van der Waals surface area contributed by atoms with Crippen molar-refractivity contribution in [1.29, 1.82) is 0 Å². The van der Waals surface area contributed by atoms with E-state index in [2.05, 4.69) is 36.7 Å². The second-order valence-electron chi connectivity index (χ2n) is 5.39. The summed E-state index contributed by atoms with van der Waals surface area (Å²) in [4.78, 5) is 11.2. The molecule has 1 aromatic carbocycles. The summed E-state index contributed by atoms with van der Waals surface area (Å²) < 4.78 is 2.31. The van der Waals surface area contributed by atoms with Gasteiger partial charge in [-0.05, 0) is 63.1 Å². The fourth-order valence-electron chi connectivity index (χ4n) is 2.74. The number of nitrogens with zero attached hydrogens (tertiary/aromatic N) is 1. The van der Waals surface area contributed by atoms with E-state index in [0.29, 0.717) is 5.56 Å². The van der Waals surface area contributed by atoms with Gasteiger partial charge >= 0.3 is 0 Å². The number of nitrogens with two attached hydrogens (primary N) is 1. The number of carbonyl (C=O) groups excluding carboxylic acids is 1. The minimum atomic E-state index is -0.392. The number of rotatable bonds is 5. The molecule has 3 N–H and O–H groups in total. The van der Waals surface area contributed by atoms with Crippen LogP contribution in [0.3, 0.4) is 0 Å². The molecule has 112 valence electrons. The number of benzene rings is 1. The first-order valence-electron chi connectivity index (χ1n) is 7.24. The zero-order valence-corrected chi connectivity index (χ0v) is 13.2. The van der Waals surface area contributed by atoms with Crippen molar-refractivity contribution < 1.29 is 4.79 Å². The monoisotopic (exact) mass is 285 g/mol. The smallest absolute Gasteiger partial charge is 0.248 e. The highest BCUT2D eigenvalue weighted by Crippen LogP contribution is 2.20. The van der Waals surface area contributed by atoms with E-state index in [1.54, 1.807) is 6.07 Å². The topological polar surface area (TPSA) is 60.1 Å². The van der Waals surface area contributed by atoms with Crippen molar-refractivity contribution in [2.24, 2.45) is 5.73 Å². The van der Waals surface area contributed by atoms with Crippen LogP contribution >= 0.6 is 0 Å². The number of primary amides is 1. The Morgan fingerprint density at radius 2 is 1.95 bits per heavy atom. The van der Waals surface area contributed by atoms with Crippen LogP contribution in [-0.4, -0.2) is 10.5 Å². The third kappa shape index (κ3) is 3.10. The summed E-state index contributed by atoms with van der Waals surface area (Å²) in [5.74, 6) is -0.392. The largest absolute Gasteiger partial charge is 0.381 e. The van der Waals surface area contributed by atoms with Crippen molar-refractivity contribution in [2.45, 2.75) is 40.8 Å². The van der Waals surface area contributed by atoms with Crippen molar-refractivity contribution in [3.05, 3.63) is 52.3 Å². The van der Waals surface area contributed by atoms with Crippen molar-refractivity contribution in [2.75, 3.05) is 5.32 Å². The van der Waals surface area contributed by atoms with Crippen LogP contribution in [-0.2, 0) is 13.1 Å². The SMILES string of the molecule is CCn1c(C)cc(CNc2ccc(C(N)=O)cc2C)c1C. The molecule has 0 saturated heterocycles. The van der Waals surface area contributed by atoms with Gasteiger partial charge in [0.1, 0.15) is 0 Å². The molecule has 0 aliphatic rings. The third-order valence-corrected chi connectivity index (χ3v) is 3.97. The highest BCUT2D eigenvalue weighted by atomic mass is 16.1. The number of aryl methyl sites for hydroxylation is 2. The number of anilines is 1. The van der Waals surface area contributed by atoms with Gasteiger partial charge in [0.15, 0.2) is 0 Å². The molecule has 4 heteroatoms. The van der Waals surface area contributed by atoms with Crippen LogP contribution in [0.1, 0.15) is 39.8 Å². The van der Waals surface area contributed by atoms with Gasteiger partial charge in [0.25, 0.3) is 0 Å². The lowest BCUT2D eigenvalue weighted by molar-refractivity contribution is 0.1000. The normalized spacial score (nSPS) is 10.7. The molecule has 0 atom stereocenters. The fraction of sp³-hybridized carbons (Fsp3) is 0.353. The molecule has 2 rings (SSSR count). The van der Waals surface area contributed by atoms with E-state index in [1.165, 1.54) is 17.0 Å². The number of aromatic nitrogens is 1. The molecule has 0 aliphatic heterocycles. The van der Waals surface area contributed by atoms with Gasteiger partial charge in [-0.2, -0.15) is 0 Å². The molecule has 21 heavy (non-hydrogen) atoms. The maximum absolute atomic E-state index is 11.2. The standard InChI is InChI=1S/C17H23N3O/c1-5-20-12(3)9-15(13(20)4)10-19-16-7-6-14(17(18)21)8-11(16)2/h6-9,19H,5,10H2,1-4H3,(H2,18,21). The van der Waals surface area contributed by atoms with Crippen molar-refractivity contribution in [3.8, 4) is 0 Å². The van der Waals surface area contributed by atoms with Crippen LogP contribution in [0.25, 0.3) is 0 Å². The molecule has 0 unspecified atom stereocenters. The number of amides is 1. The first-order chi connectivity index (χ1) is 9.93. The number of hydrogen-bond acceptors (Lipinski definition) is 2. The van der Waals surface area contributed by atoms with Gasteiger partial charge in [-0.1, -0.05) is 0 Å². The van der Waals surface area contributed by atoms with E-state index >= 15 is 0 Å². The summed E-state index contributed by atoms with van der Waals surface area (Å²) in [5.41, 5.74) is 11.8. The van der Waals surface area contributed by atoms with Crippen LogP contribution in [0.15, 0.2) is 24.3 Å². The molecule has 1 amide bonds. The Morgan fingerprint density at radius 3 is 2.48 bits per heavy atom. The van der Waals surface area contributed by atoms with E-state index < -0.39 is 5.91 Å². The second-order valence-corrected chi connectivity index (χ2v) is 5.39. The predicted octanol–water partition coefficient (Wildman–Crippen LogP) is 3.14. The van der Waals surface area contributed by atoms with Gasteiger partial charge in [-0.15, -0.1) is 0 Å². The predicted molar refractivity (Wildman–Crippen MR) is 86.6 cm³/mol. The summed E-state index contributed by atoms with van der Waals surface area (Å²) in [6.07, 6.45) is 0. The summed E-state index contributed by atoms with van der Waals surface area (Å²) >= 11 is 0. The minimum Gasteiger partial charge on any atom is -0.381 e. The molecule has 0 saturated carbocycles. The van der Waals surface area contributed by atoms with Crippen LogP contribution in [0.4, 0.5) is 5.69 Å². The van der Waals surface area contributed by atoms with Crippen LogP contribution in [0, 0.1) is 20.8 Å². The Balaban J connectivity index is 2.15. The van der Waals surface area contributed by atoms with Gasteiger partial charge in [0.05, 0.1) is 0 Å². The quantitative estimate of drug-likeness (QED) is 0.886. The lowest BCUT2D eigenvalue weighted by atomic mass is 10.1. The molecular formula is C17H23N3O. The Labute approximate surface area is 126 Å². The highest BCUT2D eigenvalue weighted by Gasteiger charge is 2.08. The summed E-state index contributed by atoms with van der Waals surface area (Å²) in [7, 11) is 0. The van der Waals surface area contributed by atoms with Crippen molar-refractivity contribution in [3.63, 3.8) is 0 Å². The van der Waals surface area contributed by atoms with Crippen LogP contribution in [0.2, 0.25) is 0 Å². The van der Waals surface area contributed by atoms with Gasteiger partial charge in [0.2, 0.25) is 5.91 Å². The van der Waals surface area contributed by atoms with E-state index in [0.717, 1.165) is 24.3 Å². The summed E-state index contributed by atoms with van der Waals surface area (Å²) in [6, 6.07) is 7.71. The molecule has 1 heterocycles. The maximum atomic E-state index is 11.2. The van der Waals surface area contributed by atoms with Gasteiger partial charge in [-0.25, -0.2) is 0 Å². The van der Waals surface area contributed by atoms with Crippen LogP contribution < -0.4 is 11.1 Å². The lowest BCUT2D eigenvalue weighted by Gasteiger charge is -2.11. The fourth-order valence-corrected chi connectivity index (χ4v) is 2.74. The minimum absolute atomic E-state index is 0.392. The Hall–Kier alpha value is -2.23. The maximum Gasteiger partial charge on any atom is 0.248 e. The molecule has 4 nitrogen and oxygen atoms in total. The van der Waals surface area contributed by atoms with E-state index in [1.807, 2.05) is 19.1 Å². The summed E-state index contributed by atoms with van der Waals surface area (Å²) in [5, 5.41) is 3.44. The Bertz CT molecular complexity index is 671. The molecule has 0 aliphatic carbocycles. The zero-order chi connectivity index (χ0) is 15.6. The average Bonchev–Trinajstić information content (AvgIpc) is 2.71. The number of nitrogens with one attached hydrogen (secondary N) is 1. The van der Waals surface area contributed by atoms with Gasteiger partial charge < -0.3 is 15.6 Å².